The predicted octanol–water partition coefficient (Wildman–Crippen LogP) is 5.84. The van der Waals surface area contributed by atoms with Gasteiger partial charge in [-0.15, -0.1) is 0 Å². The number of pyridine rings is 1. The van der Waals surface area contributed by atoms with Gasteiger partial charge in [0.2, 0.25) is 0 Å². The van der Waals surface area contributed by atoms with Gasteiger partial charge in [0.05, 0.1) is 5.75 Å². The van der Waals surface area contributed by atoms with E-state index in [2.05, 4.69) is 35.3 Å². The normalized spacial score (nSPS) is 10.1. The first-order valence-electron chi connectivity index (χ1n) is 8.46. The van der Waals surface area contributed by atoms with Crippen LogP contribution in [0.15, 0.2) is 84.9 Å². The van der Waals surface area contributed by atoms with E-state index < -0.39 is 15.9 Å². The van der Waals surface area contributed by atoms with Gasteiger partial charge in [-0.25, -0.2) is 4.98 Å². The molecule has 0 aliphatic carbocycles. The Morgan fingerprint density at radius 2 is 1.44 bits per heavy atom. The Morgan fingerprint density at radius 3 is 2.22 bits per heavy atom. The summed E-state index contributed by atoms with van der Waals surface area (Å²) in [5, 5.41) is 1.07. The van der Waals surface area contributed by atoms with Gasteiger partial charge in [0.25, 0.3) is 0 Å². The number of hydrogen-bond donors (Lipinski definition) is 0. The molecule has 4 heteroatoms. The van der Waals surface area contributed by atoms with Crippen molar-refractivity contribution in [3.63, 3.8) is 0 Å². The molecule has 0 unspecified atom stereocenters. The molecule has 0 atom stereocenters. The van der Waals surface area contributed by atoms with Gasteiger partial charge in [0.1, 0.15) is 11.3 Å². The molecule has 0 N–H and O–H groups in total. The van der Waals surface area contributed by atoms with Crippen molar-refractivity contribution in [2.45, 2.75) is 14.4 Å². The van der Waals surface area contributed by atoms with Gasteiger partial charge in [-0.2, -0.15) is 0 Å². The van der Waals surface area contributed by atoms with E-state index in [1.54, 1.807) is 0 Å². The highest BCUT2D eigenvalue weighted by Gasteiger charge is 2.10. The molecule has 0 bridgehead atoms. The SMILES string of the molecule is C.Cc1ccc2cccc([O][Al][O]c3ccc(-c4ccccc4)cc3)c2n1. The zero-order chi connectivity index (χ0) is 17.8. The highest BCUT2D eigenvalue weighted by atomic mass is 27.2. The fraction of sp³-hybridized carbons (Fsp3) is 0.0870. The largest absolute Gasteiger partial charge is 0.881 e. The first-order valence-corrected chi connectivity index (χ1v) is 9.41. The third-order valence-electron chi connectivity index (χ3n) is 4.14. The summed E-state index contributed by atoms with van der Waals surface area (Å²) in [6.07, 6.45) is 0. The highest BCUT2D eigenvalue weighted by Crippen LogP contribution is 2.25. The lowest BCUT2D eigenvalue weighted by atomic mass is 10.1. The molecule has 0 spiro atoms. The molecule has 27 heavy (non-hydrogen) atoms. The molecular weight excluding hydrogens is 349 g/mol. The number of rotatable bonds is 5. The van der Waals surface area contributed by atoms with Crippen LogP contribution in [-0.2, 0) is 0 Å². The van der Waals surface area contributed by atoms with Crippen molar-refractivity contribution in [3.05, 3.63) is 90.6 Å². The topological polar surface area (TPSA) is 31.4 Å². The van der Waals surface area contributed by atoms with E-state index >= 15 is 0 Å². The zero-order valence-electron chi connectivity index (χ0n) is 14.4. The second-order valence-electron chi connectivity index (χ2n) is 6.00. The summed E-state index contributed by atoms with van der Waals surface area (Å²) in [7, 11) is 0. The predicted molar refractivity (Wildman–Crippen MR) is 112 cm³/mol. The van der Waals surface area contributed by atoms with Gasteiger partial charge >= 0.3 is 15.9 Å². The summed E-state index contributed by atoms with van der Waals surface area (Å²) in [6.45, 7) is 1.98. The van der Waals surface area contributed by atoms with Crippen LogP contribution < -0.4 is 7.58 Å². The molecule has 1 aromatic heterocycles. The molecular formula is C23H21AlNO2. The molecule has 1 radical (unpaired) electrons. The lowest BCUT2D eigenvalue weighted by molar-refractivity contribution is 0.461. The molecule has 0 saturated carbocycles. The highest BCUT2D eigenvalue weighted by molar-refractivity contribution is 6.21. The van der Waals surface area contributed by atoms with E-state index in [9.17, 15) is 0 Å². The summed E-state index contributed by atoms with van der Waals surface area (Å²) in [6, 6.07) is 28.4. The molecule has 0 amide bonds. The van der Waals surface area contributed by atoms with Gasteiger partial charge in [0.15, 0.2) is 0 Å². The molecule has 3 nitrogen and oxygen atoms in total. The summed E-state index contributed by atoms with van der Waals surface area (Å²) in [4.78, 5) is 4.58. The van der Waals surface area contributed by atoms with Gasteiger partial charge in [0, 0.05) is 11.1 Å². The Labute approximate surface area is 167 Å². The van der Waals surface area contributed by atoms with E-state index in [4.69, 9.17) is 7.58 Å². The minimum atomic E-state index is -0.665. The number of nitrogens with zero attached hydrogens (tertiary/aromatic N) is 1. The van der Waals surface area contributed by atoms with Crippen molar-refractivity contribution in [1.82, 2.24) is 4.98 Å². The molecule has 3 aromatic carbocycles. The second-order valence-corrected chi connectivity index (χ2v) is 6.67. The summed E-state index contributed by atoms with van der Waals surface area (Å²) >= 11 is -0.665. The van der Waals surface area contributed by atoms with Crippen LogP contribution in [0.1, 0.15) is 13.1 Å². The summed E-state index contributed by atoms with van der Waals surface area (Å²) in [5.41, 5.74) is 4.21. The smallest absolute Gasteiger partial charge is 0.616 e. The average Bonchev–Trinajstić information content (AvgIpc) is 2.69. The van der Waals surface area contributed by atoms with Gasteiger partial charge in [-0.3, -0.25) is 0 Å². The molecule has 4 aromatic rings. The van der Waals surface area contributed by atoms with E-state index in [0.29, 0.717) is 0 Å². The van der Waals surface area contributed by atoms with Crippen LogP contribution in [0.5, 0.6) is 11.5 Å². The maximum absolute atomic E-state index is 5.89. The standard InChI is InChI=1S/C12H10O.C10H9NO.CH4.Al/c13-12-8-6-11(7-9-12)10-4-2-1-3-5-10;1-7-5-6-8-3-2-4-9(12)10(8)11-7;;/h1-9,13H;2-6,12H,1H3;1H4;/q;;;+2/p-2. The first kappa shape index (κ1) is 19.0. The molecule has 0 saturated heterocycles. The first-order chi connectivity index (χ1) is 12.8. The average molecular weight is 370 g/mol. The van der Waals surface area contributed by atoms with Crippen LogP contribution in [0.4, 0.5) is 0 Å². The van der Waals surface area contributed by atoms with Crippen molar-refractivity contribution < 1.29 is 7.58 Å². The summed E-state index contributed by atoms with van der Waals surface area (Å²) < 4.78 is 11.7. The zero-order valence-corrected chi connectivity index (χ0v) is 15.6. The van der Waals surface area contributed by atoms with Crippen molar-refractivity contribution >= 4 is 26.8 Å². The van der Waals surface area contributed by atoms with E-state index in [-0.39, 0.29) is 7.43 Å². The number of hydrogen-bond acceptors (Lipinski definition) is 3. The maximum atomic E-state index is 5.89. The summed E-state index contributed by atoms with van der Waals surface area (Å²) in [5.74, 6) is 1.58. The van der Waals surface area contributed by atoms with E-state index in [1.165, 1.54) is 11.1 Å². The number of aryl methyl sites for hydroxylation is 1. The lowest BCUT2D eigenvalue weighted by Crippen LogP contribution is -2.11. The minimum Gasteiger partial charge on any atom is -0.616 e. The van der Waals surface area contributed by atoms with Crippen LogP contribution in [-0.4, -0.2) is 20.9 Å². The lowest BCUT2D eigenvalue weighted by Gasteiger charge is -2.11. The third kappa shape index (κ3) is 4.49. The Kier molecular flexibility index (Phi) is 6.13. The Morgan fingerprint density at radius 1 is 0.704 bits per heavy atom. The molecule has 133 valence electrons. The van der Waals surface area contributed by atoms with Crippen molar-refractivity contribution in [2.24, 2.45) is 0 Å². The third-order valence-corrected chi connectivity index (χ3v) is 4.86. The Bertz CT molecular complexity index is 1020. The van der Waals surface area contributed by atoms with Crippen molar-refractivity contribution in [1.29, 1.82) is 0 Å². The number of para-hydroxylation sites is 1. The van der Waals surface area contributed by atoms with Crippen molar-refractivity contribution in [2.75, 3.05) is 0 Å². The van der Waals surface area contributed by atoms with Gasteiger partial charge < -0.3 is 7.58 Å². The second kappa shape index (κ2) is 8.73. The maximum Gasteiger partial charge on any atom is 0.881 e. The van der Waals surface area contributed by atoms with Crippen LogP contribution >= 0.6 is 0 Å². The van der Waals surface area contributed by atoms with E-state index in [1.807, 2.05) is 61.5 Å². The van der Waals surface area contributed by atoms with Crippen LogP contribution in [0.2, 0.25) is 0 Å². The van der Waals surface area contributed by atoms with Gasteiger partial charge in [-0.05, 0) is 42.3 Å². The number of aromatic nitrogens is 1. The minimum absolute atomic E-state index is 0. The molecule has 0 fully saturated rings. The molecule has 4 rings (SSSR count). The Balaban J connectivity index is 0.00000210. The number of benzene rings is 3. The van der Waals surface area contributed by atoms with E-state index in [0.717, 1.165) is 28.1 Å². The van der Waals surface area contributed by atoms with Crippen molar-refractivity contribution in [3.8, 4) is 22.6 Å². The quantitative estimate of drug-likeness (QED) is 0.414. The van der Waals surface area contributed by atoms with Crippen LogP contribution in [0.3, 0.4) is 0 Å². The fourth-order valence-corrected chi connectivity index (χ4v) is 3.41. The van der Waals surface area contributed by atoms with Crippen LogP contribution in [0.25, 0.3) is 22.0 Å². The Hall–Kier alpha value is -2.80. The van der Waals surface area contributed by atoms with Gasteiger partial charge in [-0.1, -0.05) is 68.1 Å². The monoisotopic (exact) mass is 370 g/mol. The number of fused-ring (bicyclic) bond motifs is 1. The molecule has 1 heterocycles. The van der Waals surface area contributed by atoms with Crippen LogP contribution in [0, 0.1) is 6.92 Å². The fourth-order valence-electron chi connectivity index (χ4n) is 2.80. The molecule has 0 aliphatic rings. The molecule has 0 aliphatic heterocycles.